The third-order valence-corrected chi connectivity index (χ3v) is 5.59. The first kappa shape index (κ1) is 14.3. The van der Waals surface area contributed by atoms with Gasteiger partial charge in [0, 0.05) is 16.5 Å². The monoisotopic (exact) mass is 284 g/mol. The summed E-state index contributed by atoms with van der Waals surface area (Å²) in [4.78, 5) is 16.8. The molecule has 1 aromatic carbocycles. The fraction of sp³-hybridized carbons (Fsp3) is 0.556. The van der Waals surface area contributed by atoms with Crippen LogP contribution >= 0.6 is 0 Å². The van der Waals surface area contributed by atoms with Gasteiger partial charge in [-0.15, -0.1) is 0 Å². The SMILES string of the molecule is CC1(C)C(=N[C@H](C(N)=O)c2ccccc2)[C@]2(C)CC[C@H]1C2. The van der Waals surface area contributed by atoms with Gasteiger partial charge in [-0.3, -0.25) is 9.79 Å². The maximum Gasteiger partial charge on any atom is 0.246 e. The predicted molar refractivity (Wildman–Crippen MR) is 85.0 cm³/mol. The summed E-state index contributed by atoms with van der Waals surface area (Å²) in [7, 11) is 0. The lowest BCUT2D eigenvalue weighted by atomic mass is 9.70. The van der Waals surface area contributed by atoms with E-state index in [-0.39, 0.29) is 16.7 Å². The van der Waals surface area contributed by atoms with Crippen molar-refractivity contribution < 1.29 is 4.79 Å². The smallest absolute Gasteiger partial charge is 0.246 e. The summed E-state index contributed by atoms with van der Waals surface area (Å²) in [6.45, 7) is 6.83. The van der Waals surface area contributed by atoms with Gasteiger partial charge in [0.2, 0.25) is 5.91 Å². The van der Waals surface area contributed by atoms with Crippen molar-refractivity contribution >= 4 is 11.6 Å². The van der Waals surface area contributed by atoms with E-state index in [2.05, 4.69) is 20.8 Å². The van der Waals surface area contributed by atoms with E-state index in [1.807, 2.05) is 30.3 Å². The maximum atomic E-state index is 11.9. The summed E-state index contributed by atoms with van der Waals surface area (Å²) in [5.41, 5.74) is 7.94. The highest BCUT2D eigenvalue weighted by Crippen LogP contribution is 2.60. The van der Waals surface area contributed by atoms with Crippen LogP contribution in [-0.2, 0) is 4.79 Å². The Kier molecular flexibility index (Phi) is 3.19. The second-order valence-electron chi connectivity index (χ2n) is 7.42. The lowest BCUT2D eigenvalue weighted by molar-refractivity contribution is -0.119. The number of rotatable bonds is 3. The Bertz CT molecular complexity index is 584. The Morgan fingerprint density at radius 3 is 2.48 bits per heavy atom. The van der Waals surface area contributed by atoms with Crippen molar-refractivity contribution in [2.45, 2.75) is 46.1 Å². The highest BCUT2D eigenvalue weighted by atomic mass is 16.1. The molecule has 2 bridgehead atoms. The standard InChI is InChI=1S/C18H24N2O/c1-17(2)13-9-10-18(3,11-13)16(17)20-14(15(19)21)12-7-5-4-6-8-12/h4-8,13-14H,9-11H2,1-3H3,(H2,19,21)/t13-,14-,18+/m0/s1. The zero-order valence-electron chi connectivity index (χ0n) is 13.1. The van der Waals surface area contributed by atoms with E-state index in [1.165, 1.54) is 25.0 Å². The van der Waals surface area contributed by atoms with Crippen LogP contribution < -0.4 is 5.73 Å². The molecule has 1 aromatic rings. The second-order valence-corrected chi connectivity index (χ2v) is 7.42. The zero-order chi connectivity index (χ0) is 15.3. The quantitative estimate of drug-likeness (QED) is 0.907. The predicted octanol–water partition coefficient (Wildman–Crippen LogP) is 3.50. The molecule has 0 aliphatic heterocycles. The minimum atomic E-state index is -0.559. The molecule has 3 nitrogen and oxygen atoms in total. The highest BCUT2D eigenvalue weighted by Gasteiger charge is 2.57. The largest absolute Gasteiger partial charge is 0.368 e. The Morgan fingerprint density at radius 2 is 1.95 bits per heavy atom. The summed E-state index contributed by atoms with van der Waals surface area (Å²) >= 11 is 0. The average Bonchev–Trinajstić information content (AvgIpc) is 2.90. The number of amides is 1. The van der Waals surface area contributed by atoms with Crippen molar-refractivity contribution in [1.82, 2.24) is 0 Å². The van der Waals surface area contributed by atoms with Gasteiger partial charge < -0.3 is 5.73 Å². The van der Waals surface area contributed by atoms with Crippen molar-refractivity contribution in [2.75, 3.05) is 0 Å². The molecule has 112 valence electrons. The summed E-state index contributed by atoms with van der Waals surface area (Å²) in [6, 6.07) is 9.11. The molecular weight excluding hydrogens is 260 g/mol. The Labute approximate surface area is 126 Å². The normalized spacial score (nSPS) is 33.3. The van der Waals surface area contributed by atoms with E-state index >= 15 is 0 Å². The molecule has 0 aromatic heterocycles. The number of fused-ring (bicyclic) bond motifs is 2. The van der Waals surface area contributed by atoms with Crippen LogP contribution in [0.25, 0.3) is 0 Å². The number of hydrogen-bond donors (Lipinski definition) is 1. The van der Waals surface area contributed by atoms with E-state index in [0.717, 1.165) is 5.56 Å². The number of hydrogen-bond acceptors (Lipinski definition) is 2. The van der Waals surface area contributed by atoms with Gasteiger partial charge >= 0.3 is 0 Å². The van der Waals surface area contributed by atoms with Crippen LogP contribution in [0, 0.1) is 16.7 Å². The number of nitrogens with two attached hydrogens (primary N) is 1. The second kappa shape index (κ2) is 4.69. The summed E-state index contributed by atoms with van der Waals surface area (Å²) in [5, 5.41) is 0. The highest BCUT2D eigenvalue weighted by molar-refractivity contribution is 5.99. The molecule has 0 spiro atoms. The van der Waals surface area contributed by atoms with E-state index in [9.17, 15) is 4.79 Å². The fourth-order valence-corrected chi connectivity index (χ4v) is 4.43. The van der Waals surface area contributed by atoms with Gasteiger partial charge in [0.05, 0.1) is 0 Å². The first-order valence-corrected chi connectivity index (χ1v) is 7.77. The van der Waals surface area contributed by atoms with Crippen LogP contribution in [0.4, 0.5) is 0 Å². The van der Waals surface area contributed by atoms with Gasteiger partial charge in [-0.25, -0.2) is 0 Å². The third-order valence-electron chi connectivity index (χ3n) is 5.59. The molecule has 2 aliphatic carbocycles. The Balaban J connectivity index is 2.04. The van der Waals surface area contributed by atoms with Gasteiger partial charge in [-0.1, -0.05) is 51.1 Å². The van der Waals surface area contributed by atoms with E-state index in [4.69, 9.17) is 10.7 Å². The van der Waals surface area contributed by atoms with Gasteiger partial charge in [-0.05, 0) is 30.7 Å². The van der Waals surface area contributed by atoms with Crippen LogP contribution in [0.15, 0.2) is 35.3 Å². The molecule has 0 unspecified atom stereocenters. The van der Waals surface area contributed by atoms with E-state index in [1.54, 1.807) is 0 Å². The lowest BCUT2D eigenvalue weighted by Gasteiger charge is -2.36. The number of aliphatic imine (C=N–C) groups is 1. The summed E-state index contributed by atoms with van der Waals surface area (Å²) in [6.07, 6.45) is 3.65. The van der Waals surface area contributed by atoms with Gasteiger partial charge in [-0.2, -0.15) is 0 Å². The topological polar surface area (TPSA) is 55.4 Å². The number of carbonyl (C=O) groups is 1. The minimum absolute atomic E-state index is 0.0788. The van der Waals surface area contributed by atoms with Crippen molar-refractivity contribution in [2.24, 2.45) is 27.5 Å². The van der Waals surface area contributed by atoms with Crippen molar-refractivity contribution in [1.29, 1.82) is 0 Å². The number of benzene rings is 1. The van der Waals surface area contributed by atoms with Gasteiger partial charge in [0.1, 0.15) is 0 Å². The van der Waals surface area contributed by atoms with Crippen molar-refractivity contribution in [3.63, 3.8) is 0 Å². The number of carbonyl (C=O) groups excluding carboxylic acids is 1. The van der Waals surface area contributed by atoms with Gasteiger partial charge in [0.25, 0.3) is 0 Å². The third kappa shape index (κ3) is 2.19. The molecule has 0 radical (unpaired) electrons. The van der Waals surface area contributed by atoms with Crippen LogP contribution in [0.3, 0.4) is 0 Å². The lowest BCUT2D eigenvalue weighted by Crippen LogP contribution is -2.37. The molecule has 2 saturated carbocycles. The van der Waals surface area contributed by atoms with Gasteiger partial charge in [0.15, 0.2) is 6.04 Å². The van der Waals surface area contributed by atoms with Crippen LogP contribution in [-0.4, -0.2) is 11.6 Å². The van der Waals surface area contributed by atoms with Crippen LogP contribution in [0.2, 0.25) is 0 Å². The minimum Gasteiger partial charge on any atom is -0.368 e. The van der Waals surface area contributed by atoms with Crippen molar-refractivity contribution in [3.05, 3.63) is 35.9 Å². The summed E-state index contributed by atoms with van der Waals surface area (Å²) < 4.78 is 0. The molecule has 2 N–H and O–H groups in total. The van der Waals surface area contributed by atoms with E-state index in [0.29, 0.717) is 5.92 Å². The molecule has 2 aliphatic rings. The average molecular weight is 284 g/mol. The van der Waals surface area contributed by atoms with Crippen LogP contribution in [0.5, 0.6) is 0 Å². The van der Waals surface area contributed by atoms with Crippen LogP contribution in [0.1, 0.15) is 51.6 Å². The number of primary amides is 1. The molecule has 0 saturated heterocycles. The Hall–Kier alpha value is -1.64. The van der Waals surface area contributed by atoms with Crippen molar-refractivity contribution in [3.8, 4) is 0 Å². The first-order chi connectivity index (χ1) is 9.84. The summed E-state index contributed by atoms with van der Waals surface area (Å²) in [5.74, 6) is 0.321. The molecule has 3 atom stereocenters. The molecule has 1 amide bonds. The van der Waals surface area contributed by atoms with E-state index < -0.39 is 6.04 Å². The first-order valence-electron chi connectivity index (χ1n) is 7.77. The number of nitrogens with zero attached hydrogens (tertiary/aromatic N) is 1. The molecule has 3 heteroatoms. The fourth-order valence-electron chi connectivity index (χ4n) is 4.43. The Morgan fingerprint density at radius 1 is 1.29 bits per heavy atom. The molecule has 0 heterocycles. The molecule has 2 fully saturated rings. The maximum absolute atomic E-state index is 11.9. The molecular formula is C18H24N2O. The molecule has 3 rings (SSSR count). The zero-order valence-corrected chi connectivity index (χ0v) is 13.1. The molecule has 21 heavy (non-hydrogen) atoms.